The van der Waals surface area contributed by atoms with Crippen molar-refractivity contribution in [3.8, 4) is 0 Å². The maximum absolute atomic E-state index is 12.2. The van der Waals surface area contributed by atoms with Gasteiger partial charge in [0.15, 0.2) is 0 Å². The molecule has 0 saturated carbocycles. The van der Waals surface area contributed by atoms with Gasteiger partial charge in [-0.05, 0) is 35.6 Å². The zero-order valence-electron chi connectivity index (χ0n) is 12.8. The molecule has 0 spiro atoms. The van der Waals surface area contributed by atoms with Gasteiger partial charge in [0.25, 0.3) is 5.91 Å². The molecule has 0 aliphatic heterocycles. The molecule has 1 unspecified atom stereocenters. The van der Waals surface area contributed by atoms with Crippen molar-refractivity contribution < 1.29 is 4.79 Å². The predicted octanol–water partition coefficient (Wildman–Crippen LogP) is 4.09. The molecular weight excluding hydrogens is 260 g/mol. The van der Waals surface area contributed by atoms with Gasteiger partial charge in [0.1, 0.15) is 0 Å². The molecule has 3 nitrogen and oxygen atoms in total. The Hall–Kier alpha value is -2.16. The summed E-state index contributed by atoms with van der Waals surface area (Å²) in [7, 11) is 0. The van der Waals surface area contributed by atoms with E-state index in [1.807, 2.05) is 0 Å². The number of nitrogens with zero attached hydrogens (tertiary/aromatic N) is 1. The molecule has 0 bridgehead atoms. The summed E-state index contributed by atoms with van der Waals surface area (Å²) in [4.78, 5) is 16.2. The molecule has 0 saturated heterocycles. The highest BCUT2D eigenvalue weighted by atomic mass is 16.1. The molecule has 110 valence electrons. The van der Waals surface area contributed by atoms with Gasteiger partial charge in [-0.15, -0.1) is 0 Å². The zero-order chi connectivity index (χ0) is 15.2. The minimum absolute atomic E-state index is 0.0268. The lowest BCUT2D eigenvalue weighted by atomic mass is 9.98. The molecule has 1 aromatic heterocycles. The maximum Gasteiger partial charge on any atom is 0.253 e. The Bertz CT molecular complexity index is 576. The average Bonchev–Trinajstić information content (AvgIpc) is 2.53. The van der Waals surface area contributed by atoms with Gasteiger partial charge >= 0.3 is 0 Å². The van der Waals surface area contributed by atoms with E-state index < -0.39 is 0 Å². The first-order valence-corrected chi connectivity index (χ1v) is 7.42. The Balaban J connectivity index is 2.11. The van der Waals surface area contributed by atoms with Crippen LogP contribution in [0, 0.1) is 0 Å². The second-order valence-corrected chi connectivity index (χ2v) is 5.50. The van der Waals surface area contributed by atoms with Gasteiger partial charge < -0.3 is 5.32 Å². The minimum atomic E-state index is -0.0807. The van der Waals surface area contributed by atoms with E-state index in [1.54, 1.807) is 24.5 Å². The third kappa shape index (κ3) is 3.91. The van der Waals surface area contributed by atoms with Gasteiger partial charge in [-0.25, -0.2) is 0 Å². The summed E-state index contributed by atoms with van der Waals surface area (Å²) in [6.07, 6.45) is 4.11. The van der Waals surface area contributed by atoms with Crippen molar-refractivity contribution in [1.82, 2.24) is 10.3 Å². The quantitative estimate of drug-likeness (QED) is 0.897. The normalized spacial score (nSPS) is 12.2. The second-order valence-electron chi connectivity index (χ2n) is 5.50. The number of hydrogen-bond donors (Lipinski definition) is 1. The summed E-state index contributed by atoms with van der Waals surface area (Å²) in [5, 5.41) is 3.07. The Morgan fingerprint density at radius 1 is 1.14 bits per heavy atom. The standard InChI is InChI=1S/C18H22N2O/c1-4-17(15-9-7-14(8-10-15)13(2)3)20-18(21)16-6-5-11-19-12-16/h5-13,17H,4H2,1-3H3,(H,20,21). The van der Waals surface area contributed by atoms with Gasteiger partial charge in [-0.1, -0.05) is 45.0 Å². The summed E-state index contributed by atoms with van der Waals surface area (Å²) < 4.78 is 0. The van der Waals surface area contributed by atoms with Crippen molar-refractivity contribution in [1.29, 1.82) is 0 Å². The van der Waals surface area contributed by atoms with Gasteiger partial charge in [0.05, 0.1) is 11.6 Å². The van der Waals surface area contributed by atoms with Crippen molar-refractivity contribution in [2.75, 3.05) is 0 Å². The van der Waals surface area contributed by atoms with Crippen LogP contribution in [0.15, 0.2) is 48.8 Å². The SMILES string of the molecule is CCC(NC(=O)c1cccnc1)c1ccc(C(C)C)cc1. The smallest absolute Gasteiger partial charge is 0.253 e. The van der Waals surface area contributed by atoms with Crippen LogP contribution in [0.4, 0.5) is 0 Å². The van der Waals surface area contributed by atoms with Crippen molar-refractivity contribution in [2.24, 2.45) is 0 Å². The van der Waals surface area contributed by atoms with Crippen molar-refractivity contribution in [3.63, 3.8) is 0 Å². The molecule has 1 aromatic carbocycles. The summed E-state index contributed by atoms with van der Waals surface area (Å²) in [5.41, 5.74) is 3.04. The lowest BCUT2D eigenvalue weighted by Gasteiger charge is -2.18. The Morgan fingerprint density at radius 2 is 1.81 bits per heavy atom. The van der Waals surface area contributed by atoms with Gasteiger partial charge in [-0.2, -0.15) is 0 Å². The van der Waals surface area contributed by atoms with Gasteiger partial charge in [0.2, 0.25) is 0 Å². The second kappa shape index (κ2) is 7.02. The van der Waals surface area contributed by atoms with E-state index in [4.69, 9.17) is 0 Å². The van der Waals surface area contributed by atoms with Crippen LogP contribution in [0.1, 0.15) is 60.6 Å². The number of benzene rings is 1. The molecule has 2 rings (SSSR count). The molecule has 21 heavy (non-hydrogen) atoms. The van der Waals surface area contributed by atoms with Crippen LogP contribution < -0.4 is 5.32 Å². The molecule has 1 N–H and O–H groups in total. The van der Waals surface area contributed by atoms with Crippen LogP contribution >= 0.6 is 0 Å². The predicted molar refractivity (Wildman–Crippen MR) is 85.3 cm³/mol. The number of pyridine rings is 1. The highest BCUT2D eigenvalue weighted by Gasteiger charge is 2.14. The third-order valence-electron chi connectivity index (χ3n) is 3.64. The van der Waals surface area contributed by atoms with Crippen LogP contribution in [0.3, 0.4) is 0 Å². The van der Waals surface area contributed by atoms with E-state index in [0.717, 1.165) is 12.0 Å². The van der Waals surface area contributed by atoms with Gasteiger partial charge in [-0.3, -0.25) is 9.78 Å². The molecule has 0 aliphatic carbocycles. The first kappa shape index (κ1) is 15.2. The molecular formula is C18H22N2O. The lowest BCUT2D eigenvalue weighted by Crippen LogP contribution is -2.28. The average molecular weight is 282 g/mol. The zero-order valence-corrected chi connectivity index (χ0v) is 12.8. The first-order valence-electron chi connectivity index (χ1n) is 7.42. The molecule has 1 atom stereocenters. The molecule has 3 heteroatoms. The van der Waals surface area contributed by atoms with Crippen LogP contribution in [0.5, 0.6) is 0 Å². The van der Waals surface area contributed by atoms with Crippen molar-refractivity contribution in [2.45, 2.75) is 39.2 Å². The van der Waals surface area contributed by atoms with E-state index in [1.165, 1.54) is 5.56 Å². The van der Waals surface area contributed by atoms with Gasteiger partial charge in [0, 0.05) is 12.4 Å². The van der Waals surface area contributed by atoms with E-state index in [-0.39, 0.29) is 11.9 Å². The van der Waals surface area contributed by atoms with E-state index in [0.29, 0.717) is 11.5 Å². The first-order chi connectivity index (χ1) is 10.1. The highest BCUT2D eigenvalue weighted by molar-refractivity contribution is 5.94. The number of carbonyl (C=O) groups is 1. The number of aromatic nitrogens is 1. The summed E-state index contributed by atoms with van der Waals surface area (Å²) >= 11 is 0. The van der Waals surface area contributed by atoms with E-state index in [2.05, 4.69) is 55.3 Å². The van der Waals surface area contributed by atoms with Crippen LogP contribution in [-0.2, 0) is 0 Å². The monoisotopic (exact) mass is 282 g/mol. The Morgan fingerprint density at radius 3 is 2.33 bits per heavy atom. The largest absolute Gasteiger partial charge is 0.345 e. The number of hydrogen-bond acceptors (Lipinski definition) is 2. The Kier molecular flexibility index (Phi) is 5.09. The third-order valence-corrected chi connectivity index (χ3v) is 3.64. The molecule has 2 aromatic rings. The fraction of sp³-hybridized carbons (Fsp3) is 0.333. The molecule has 0 aliphatic rings. The molecule has 0 fully saturated rings. The van der Waals surface area contributed by atoms with Crippen LogP contribution in [0.25, 0.3) is 0 Å². The number of nitrogens with one attached hydrogen (secondary N) is 1. The van der Waals surface area contributed by atoms with Crippen molar-refractivity contribution in [3.05, 3.63) is 65.5 Å². The van der Waals surface area contributed by atoms with E-state index in [9.17, 15) is 4.79 Å². The lowest BCUT2D eigenvalue weighted by molar-refractivity contribution is 0.0935. The molecule has 1 amide bonds. The maximum atomic E-state index is 12.2. The van der Waals surface area contributed by atoms with Crippen molar-refractivity contribution >= 4 is 5.91 Å². The number of rotatable bonds is 5. The topological polar surface area (TPSA) is 42.0 Å². The number of carbonyl (C=O) groups excluding carboxylic acids is 1. The minimum Gasteiger partial charge on any atom is -0.345 e. The van der Waals surface area contributed by atoms with Crippen LogP contribution in [0.2, 0.25) is 0 Å². The summed E-state index contributed by atoms with van der Waals surface area (Å²) in [6.45, 7) is 6.43. The number of amides is 1. The fourth-order valence-electron chi connectivity index (χ4n) is 2.27. The Labute approximate surface area is 126 Å². The van der Waals surface area contributed by atoms with Crippen LogP contribution in [-0.4, -0.2) is 10.9 Å². The van der Waals surface area contributed by atoms with E-state index >= 15 is 0 Å². The molecule has 1 heterocycles. The fourth-order valence-corrected chi connectivity index (χ4v) is 2.27. The highest BCUT2D eigenvalue weighted by Crippen LogP contribution is 2.21. The molecule has 0 radical (unpaired) electrons. The summed E-state index contributed by atoms with van der Waals surface area (Å²) in [5.74, 6) is 0.437. The summed E-state index contributed by atoms with van der Waals surface area (Å²) in [6, 6.07) is 12.1.